The third-order valence-corrected chi connectivity index (χ3v) is 4.47. The van der Waals surface area contributed by atoms with Crippen molar-refractivity contribution in [3.05, 3.63) is 17.6 Å². The van der Waals surface area contributed by atoms with Crippen LogP contribution in [0.25, 0.3) is 10.8 Å². The predicted molar refractivity (Wildman–Crippen MR) is 78.6 cm³/mol. The quantitative estimate of drug-likeness (QED) is 0.788. The van der Waals surface area contributed by atoms with Crippen LogP contribution in [0.4, 0.5) is 5.82 Å². The van der Waals surface area contributed by atoms with E-state index < -0.39 is 0 Å². The number of hydrogen-bond acceptors (Lipinski definition) is 3. The zero-order valence-electron chi connectivity index (χ0n) is 12.3. The van der Waals surface area contributed by atoms with E-state index >= 15 is 0 Å². The molecule has 0 N–H and O–H groups in total. The molecule has 1 aliphatic rings. The molecule has 0 unspecified atom stereocenters. The van der Waals surface area contributed by atoms with Gasteiger partial charge in [0, 0.05) is 42.8 Å². The molecule has 0 amide bonds. The molecule has 0 spiro atoms. The first-order valence-electron chi connectivity index (χ1n) is 7.11. The fourth-order valence-corrected chi connectivity index (χ4v) is 2.95. The van der Waals surface area contributed by atoms with Crippen molar-refractivity contribution in [3.63, 3.8) is 0 Å². The molecule has 3 heterocycles. The number of rotatable bonds is 1. The smallest absolute Gasteiger partial charge is 0.161 e. The van der Waals surface area contributed by atoms with Crippen molar-refractivity contribution in [2.45, 2.75) is 33.6 Å². The summed E-state index contributed by atoms with van der Waals surface area (Å²) in [6, 6.07) is 0. The van der Waals surface area contributed by atoms with Gasteiger partial charge in [0.25, 0.3) is 0 Å². The van der Waals surface area contributed by atoms with Crippen molar-refractivity contribution in [3.8, 4) is 0 Å². The fraction of sp³-hybridized carbons (Fsp3) is 0.600. The highest BCUT2D eigenvalue weighted by Gasteiger charge is 2.21. The molecule has 2 aromatic heterocycles. The van der Waals surface area contributed by atoms with Gasteiger partial charge in [-0.15, -0.1) is 5.10 Å². The van der Waals surface area contributed by atoms with E-state index in [0.717, 1.165) is 30.5 Å². The van der Waals surface area contributed by atoms with Crippen LogP contribution in [0.15, 0.2) is 6.20 Å². The fourth-order valence-electron chi connectivity index (χ4n) is 2.95. The molecule has 0 aliphatic carbocycles. The second kappa shape index (κ2) is 4.51. The van der Waals surface area contributed by atoms with Gasteiger partial charge in [0.2, 0.25) is 0 Å². The number of aromatic nitrogens is 3. The third-order valence-electron chi connectivity index (χ3n) is 4.47. The summed E-state index contributed by atoms with van der Waals surface area (Å²) in [7, 11) is 2.09. The van der Waals surface area contributed by atoms with E-state index in [1.54, 1.807) is 0 Å². The molecule has 0 radical (unpaired) electrons. The van der Waals surface area contributed by atoms with Crippen molar-refractivity contribution in [2.24, 2.45) is 13.0 Å². The summed E-state index contributed by atoms with van der Waals surface area (Å²) in [5, 5.41) is 11.4. The Hall–Kier alpha value is -1.58. The predicted octanol–water partition coefficient (Wildman–Crippen LogP) is 2.82. The van der Waals surface area contributed by atoms with Crippen LogP contribution < -0.4 is 4.90 Å². The molecule has 19 heavy (non-hydrogen) atoms. The molecular formula is C15H22N4. The monoisotopic (exact) mass is 258 g/mol. The molecule has 0 atom stereocenters. The minimum absolute atomic E-state index is 0.835. The van der Waals surface area contributed by atoms with Crippen LogP contribution in [0.5, 0.6) is 0 Å². The maximum Gasteiger partial charge on any atom is 0.161 e. The van der Waals surface area contributed by atoms with Gasteiger partial charge in [-0.05, 0) is 32.6 Å². The van der Waals surface area contributed by atoms with Crippen LogP contribution in [0.2, 0.25) is 0 Å². The Balaban J connectivity index is 2.11. The lowest BCUT2D eigenvalue weighted by atomic mass is 9.99. The van der Waals surface area contributed by atoms with E-state index in [1.165, 1.54) is 29.3 Å². The highest BCUT2D eigenvalue weighted by atomic mass is 15.3. The molecule has 0 bridgehead atoms. The molecule has 1 aliphatic heterocycles. The third kappa shape index (κ3) is 1.99. The Morgan fingerprint density at radius 1 is 1.16 bits per heavy atom. The summed E-state index contributed by atoms with van der Waals surface area (Å²) in [5.41, 5.74) is 2.30. The van der Waals surface area contributed by atoms with Gasteiger partial charge in [-0.1, -0.05) is 6.92 Å². The largest absolute Gasteiger partial charge is 0.355 e. The first kappa shape index (κ1) is 12.5. The molecule has 3 rings (SSSR count). The molecule has 0 aromatic carbocycles. The Morgan fingerprint density at radius 3 is 2.53 bits per heavy atom. The zero-order valence-corrected chi connectivity index (χ0v) is 12.3. The Morgan fingerprint density at radius 2 is 1.84 bits per heavy atom. The van der Waals surface area contributed by atoms with E-state index in [4.69, 9.17) is 0 Å². The van der Waals surface area contributed by atoms with Crippen molar-refractivity contribution < 1.29 is 0 Å². The Labute approximate surface area is 114 Å². The average Bonchev–Trinajstić information content (AvgIpc) is 2.70. The summed E-state index contributed by atoms with van der Waals surface area (Å²) in [6.45, 7) is 8.74. The van der Waals surface area contributed by atoms with Crippen LogP contribution in [-0.4, -0.2) is 27.9 Å². The maximum absolute atomic E-state index is 4.49. The van der Waals surface area contributed by atoms with Crippen LogP contribution >= 0.6 is 0 Å². The lowest BCUT2D eigenvalue weighted by Gasteiger charge is -2.31. The number of nitrogens with zero attached hydrogens (tertiary/aromatic N) is 4. The van der Waals surface area contributed by atoms with Gasteiger partial charge in [0.1, 0.15) is 0 Å². The highest BCUT2D eigenvalue weighted by Crippen LogP contribution is 2.32. The molecule has 1 saturated heterocycles. The first-order valence-corrected chi connectivity index (χ1v) is 7.11. The minimum atomic E-state index is 0.835. The SMILES string of the molecule is Cc1nnc(N2CCC(C)CC2)c2c(C)n(C)cc12. The van der Waals surface area contributed by atoms with Gasteiger partial charge < -0.3 is 9.47 Å². The van der Waals surface area contributed by atoms with Gasteiger partial charge in [-0.2, -0.15) is 5.10 Å². The highest BCUT2D eigenvalue weighted by molar-refractivity contribution is 5.96. The topological polar surface area (TPSA) is 34.0 Å². The lowest BCUT2D eigenvalue weighted by molar-refractivity contribution is 0.436. The summed E-state index contributed by atoms with van der Waals surface area (Å²) < 4.78 is 2.18. The Kier molecular flexibility index (Phi) is 2.96. The molecule has 4 heteroatoms. The molecular weight excluding hydrogens is 236 g/mol. The second-order valence-corrected chi connectivity index (χ2v) is 5.89. The zero-order chi connectivity index (χ0) is 13.6. The van der Waals surface area contributed by atoms with Crippen LogP contribution in [0.1, 0.15) is 31.2 Å². The summed E-state index contributed by atoms with van der Waals surface area (Å²) in [5.74, 6) is 1.91. The van der Waals surface area contributed by atoms with Crippen LogP contribution in [0.3, 0.4) is 0 Å². The Bertz CT molecular complexity index is 606. The van der Waals surface area contributed by atoms with Gasteiger partial charge in [0.15, 0.2) is 5.82 Å². The van der Waals surface area contributed by atoms with Crippen molar-refractivity contribution >= 4 is 16.6 Å². The maximum atomic E-state index is 4.49. The number of piperidine rings is 1. The second-order valence-electron chi connectivity index (χ2n) is 5.89. The number of fused-ring (bicyclic) bond motifs is 1. The van der Waals surface area contributed by atoms with Crippen molar-refractivity contribution in [1.29, 1.82) is 0 Å². The molecule has 1 fully saturated rings. The van der Waals surface area contributed by atoms with Crippen molar-refractivity contribution in [2.75, 3.05) is 18.0 Å². The van der Waals surface area contributed by atoms with Gasteiger partial charge >= 0.3 is 0 Å². The van der Waals surface area contributed by atoms with Crippen molar-refractivity contribution in [1.82, 2.24) is 14.8 Å². The summed E-state index contributed by atoms with van der Waals surface area (Å²) in [4.78, 5) is 2.40. The minimum Gasteiger partial charge on any atom is -0.355 e. The van der Waals surface area contributed by atoms with Gasteiger partial charge in [-0.25, -0.2) is 0 Å². The molecule has 0 saturated carbocycles. The van der Waals surface area contributed by atoms with Gasteiger partial charge in [-0.3, -0.25) is 0 Å². The lowest BCUT2D eigenvalue weighted by Crippen LogP contribution is -2.33. The first-order chi connectivity index (χ1) is 9.08. The van der Waals surface area contributed by atoms with E-state index in [2.05, 4.69) is 46.8 Å². The van der Waals surface area contributed by atoms with E-state index in [0.29, 0.717) is 0 Å². The van der Waals surface area contributed by atoms with E-state index in [-0.39, 0.29) is 0 Å². The number of anilines is 1. The van der Waals surface area contributed by atoms with E-state index in [9.17, 15) is 0 Å². The number of hydrogen-bond donors (Lipinski definition) is 0. The summed E-state index contributed by atoms with van der Waals surface area (Å²) in [6.07, 6.45) is 4.68. The van der Waals surface area contributed by atoms with Crippen LogP contribution in [-0.2, 0) is 7.05 Å². The summed E-state index contributed by atoms with van der Waals surface area (Å²) >= 11 is 0. The molecule has 4 nitrogen and oxygen atoms in total. The van der Waals surface area contributed by atoms with Crippen LogP contribution in [0, 0.1) is 19.8 Å². The molecule has 2 aromatic rings. The van der Waals surface area contributed by atoms with E-state index in [1.807, 2.05) is 6.92 Å². The normalized spacial score (nSPS) is 17.4. The average molecular weight is 258 g/mol. The standard InChI is InChI=1S/C15H22N4/c1-10-5-7-19(8-6-10)15-14-12(3)18(4)9-13(14)11(2)16-17-15/h9-10H,5-8H2,1-4H3. The molecule has 102 valence electrons. The number of aryl methyl sites for hydroxylation is 3. The van der Waals surface area contributed by atoms with Gasteiger partial charge in [0.05, 0.1) is 5.69 Å².